The largest absolute Gasteiger partial charge is 0.493 e. The lowest BCUT2D eigenvalue weighted by Gasteiger charge is -2.35. The molecule has 0 radical (unpaired) electrons. The summed E-state index contributed by atoms with van der Waals surface area (Å²) in [5, 5.41) is 3.11. The van der Waals surface area contributed by atoms with Crippen LogP contribution in [0.1, 0.15) is 36.5 Å². The highest BCUT2D eigenvalue weighted by molar-refractivity contribution is 7.99. The summed E-state index contributed by atoms with van der Waals surface area (Å²) in [6.45, 7) is 5.64. The Morgan fingerprint density at radius 1 is 1.29 bits per heavy atom. The van der Waals surface area contributed by atoms with Gasteiger partial charge in [0.05, 0.1) is 12.2 Å². The molecule has 2 heterocycles. The van der Waals surface area contributed by atoms with Gasteiger partial charge in [0.25, 0.3) is 5.91 Å². The molecule has 4 nitrogen and oxygen atoms in total. The molecule has 2 aliphatic rings. The van der Waals surface area contributed by atoms with Crippen molar-refractivity contribution in [3.05, 3.63) is 29.8 Å². The predicted molar refractivity (Wildman–Crippen MR) is 100.0 cm³/mol. The minimum Gasteiger partial charge on any atom is -0.493 e. The normalized spacial score (nSPS) is 22.5. The third kappa shape index (κ3) is 4.45. The van der Waals surface area contributed by atoms with E-state index in [1.807, 2.05) is 31.2 Å². The first-order valence-corrected chi connectivity index (χ1v) is 10.2. The van der Waals surface area contributed by atoms with Gasteiger partial charge in [0.15, 0.2) is 0 Å². The maximum atomic E-state index is 12.5. The highest BCUT2D eigenvalue weighted by Gasteiger charge is 2.27. The van der Waals surface area contributed by atoms with Crippen molar-refractivity contribution in [3.63, 3.8) is 0 Å². The lowest BCUT2D eigenvalue weighted by Crippen LogP contribution is -2.43. The first-order chi connectivity index (χ1) is 11.8. The van der Waals surface area contributed by atoms with Gasteiger partial charge in [0.2, 0.25) is 0 Å². The van der Waals surface area contributed by atoms with Gasteiger partial charge < -0.3 is 10.1 Å². The number of hydrogen-bond acceptors (Lipinski definition) is 4. The number of benzene rings is 1. The van der Waals surface area contributed by atoms with Crippen LogP contribution in [-0.4, -0.2) is 54.6 Å². The number of rotatable bonds is 6. The summed E-state index contributed by atoms with van der Waals surface area (Å²) in [6, 6.07) is 8.27. The average Bonchev–Trinajstić information content (AvgIpc) is 3.15. The van der Waals surface area contributed by atoms with Gasteiger partial charge in [0, 0.05) is 18.3 Å². The van der Waals surface area contributed by atoms with Crippen LogP contribution in [0.4, 0.5) is 0 Å². The monoisotopic (exact) mass is 348 g/mol. The molecule has 1 N–H and O–H groups in total. The Bertz CT molecular complexity index is 538. The first kappa shape index (κ1) is 17.6. The molecule has 2 aliphatic heterocycles. The maximum absolute atomic E-state index is 12.5. The molecule has 0 aliphatic carbocycles. The van der Waals surface area contributed by atoms with Crippen LogP contribution in [0.15, 0.2) is 24.3 Å². The van der Waals surface area contributed by atoms with Crippen LogP contribution in [0.3, 0.4) is 0 Å². The number of nitrogens with zero attached hydrogens (tertiary/aromatic N) is 1. The number of nitrogens with one attached hydrogen (secondary N) is 1. The van der Waals surface area contributed by atoms with Crippen molar-refractivity contribution in [1.29, 1.82) is 0 Å². The number of carbonyl (C=O) groups excluding carboxylic acids is 1. The van der Waals surface area contributed by atoms with Gasteiger partial charge in [-0.05, 0) is 63.1 Å². The first-order valence-electron chi connectivity index (χ1n) is 9.09. The van der Waals surface area contributed by atoms with Gasteiger partial charge in [-0.1, -0.05) is 12.1 Å². The number of likely N-dealkylation sites (tertiary alicyclic amines) is 1. The van der Waals surface area contributed by atoms with E-state index in [2.05, 4.69) is 22.0 Å². The molecule has 0 bridgehead atoms. The van der Waals surface area contributed by atoms with Crippen molar-refractivity contribution in [2.75, 3.05) is 37.7 Å². The topological polar surface area (TPSA) is 41.6 Å². The van der Waals surface area contributed by atoms with Crippen molar-refractivity contribution >= 4 is 17.7 Å². The molecule has 1 aromatic carbocycles. The third-order valence-electron chi connectivity index (χ3n) is 5.05. The van der Waals surface area contributed by atoms with E-state index in [-0.39, 0.29) is 5.91 Å². The Hall–Kier alpha value is -1.20. The maximum Gasteiger partial charge on any atom is 0.255 e. The van der Waals surface area contributed by atoms with E-state index in [1.54, 1.807) is 0 Å². The quantitative estimate of drug-likeness (QED) is 0.858. The summed E-state index contributed by atoms with van der Waals surface area (Å²) in [6.07, 6.45) is 3.73. The van der Waals surface area contributed by atoms with E-state index < -0.39 is 0 Å². The van der Waals surface area contributed by atoms with Crippen LogP contribution in [-0.2, 0) is 0 Å². The molecule has 1 aromatic rings. The van der Waals surface area contributed by atoms with Gasteiger partial charge in [0.1, 0.15) is 5.75 Å². The lowest BCUT2D eigenvalue weighted by atomic mass is 9.95. The van der Waals surface area contributed by atoms with Gasteiger partial charge in [-0.3, -0.25) is 9.69 Å². The average molecular weight is 349 g/mol. The number of ether oxygens (including phenoxy) is 1. The minimum atomic E-state index is -0.0197. The van der Waals surface area contributed by atoms with Crippen LogP contribution >= 0.6 is 11.8 Å². The van der Waals surface area contributed by atoms with Gasteiger partial charge >= 0.3 is 0 Å². The fourth-order valence-corrected chi connectivity index (χ4v) is 4.86. The number of thioether (sulfide) groups is 1. The highest BCUT2D eigenvalue weighted by atomic mass is 32.2. The summed E-state index contributed by atoms with van der Waals surface area (Å²) in [5.74, 6) is 3.87. The Kier molecular flexibility index (Phi) is 6.44. The zero-order valence-electron chi connectivity index (χ0n) is 14.5. The SMILES string of the molecule is CCOc1ccccc1C(=O)NCC1CCN([C@H]2CCSC2)CC1. The highest BCUT2D eigenvalue weighted by Crippen LogP contribution is 2.26. The van der Waals surface area contributed by atoms with Crippen molar-refractivity contribution in [2.24, 2.45) is 5.92 Å². The van der Waals surface area contributed by atoms with Crippen LogP contribution in [0.25, 0.3) is 0 Å². The van der Waals surface area contributed by atoms with Crippen molar-refractivity contribution in [2.45, 2.75) is 32.2 Å². The molecule has 0 aromatic heterocycles. The van der Waals surface area contributed by atoms with E-state index in [9.17, 15) is 4.79 Å². The molecular weight excluding hydrogens is 320 g/mol. The molecule has 3 rings (SSSR count). The Labute approximate surface area is 149 Å². The molecule has 1 amide bonds. The van der Waals surface area contributed by atoms with Crippen molar-refractivity contribution in [3.8, 4) is 5.75 Å². The van der Waals surface area contributed by atoms with Crippen LogP contribution in [0.5, 0.6) is 5.75 Å². The zero-order chi connectivity index (χ0) is 16.8. The standard InChI is InChI=1S/C19H28N2O2S/c1-2-23-18-6-4-3-5-17(18)19(22)20-13-15-7-10-21(11-8-15)16-9-12-24-14-16/h3-6,15-16H,2,7-14H2,1H3,(H,20,22)/t16-/m0/s1. The zero-order valence-corrected chi connectivity index (χ0v) is 15.3. The van der Waals surface area contributed by atoms with E-state index in [0.717, 1.165) is 12.6 Å². The second-order valence-corrected chi connectivity index (χ2v) is 7.79. The summed E-state index contributed by atoms with van der Waals surface area (Å²) in [5.41, 5.74) is 0.639. The van der Waals surface area contributed by atoms with Gasteiger partial charge in [-0.25, -0.2) is 0 Å². The number of carbonyl (C=O) groups is 1. The number of para-hydroxylation sites is 1. The molecular formula is C19H28N2O2S. The Morgan fingerprint density at radius 3 is 2.79 bits per heavy atom. The van der Waals surface area contributed by atoms with Crippen LogP contribution in [0.2, 0.25) is 0 Å². The van der Waals surface area contributed by atoms with Gasteiger partial charge in [-0.2, -0.15) is 11.8 Å². The van der Waals surface area contributed by atoms with Crippen molar-refractivity contribution < 1.29 is 9.53 Å². The fourth-order valence-electron chi connectivity index (χ4n) is 3.60. The molecule has 2 saturated heterocycles. The number of amides is 1. The van der Waals surface area contributed by atoms with E-state index in [4.69, 9.17) is 4.74 Å². The molecule has 132 valence electrons. The molecule has 0 spiro atoms. The second-order valence-electron chi connectivity index (χ2n) is 6.64. The third-order valence-corrected chi connectivity index (χ3v) is 6.20. The minimum absolute atomic E-state index is 0.0197. The van der Waals surface area contributed by atoms with Crippen LogP contribution < -0.4 is 10.1 Å². The summed E-state index contributed by atoms with van der Waals surface area (Å²) in [4.78, 5) is 15.1. The smallest absolute Gasteiger partial charge is 0.255 e. The molecule has 1 atom stereocenters. The van der Waals surface area contributed by atoms with Crippen LogP contribution in [0, 0.1) is 5.92 Å². The van der Waals surface area contributed by atoms with Crippen molar-refractivity contribution in [1.82, 2.24) is 10.2 Å². The summed E-state index contributed by atoms with van der Waals surface area (Å²) < 4.78 is 5.55. The predicted octanol–water partition coefficient (Wildman–Crippen LogP) is 3.03. The fraction of sp³-hybridized carbons (Fsp3) is 0.632. The van der Waals surface area contributed by atoms with E-state index in [1.165, 1.54) is 43.9 Å². The van der Waals surface area contributed by atoms with E-state index in [0.29, 0.717) is 23.8 Å². The molecule has 0 unspecified atom stereocenters. The second kappa shape index (κ2) is 8.77. The Balaban J connectivity index is 1.45. The molecule has 5 heteroatoms. The lowest BCUT2D eigenvalue weighted by molar-refractivity contribution is 0.0924. The molecule has 0 saturated carbocycles. The van der Waals surface area contributed by atoms with E-state index >= 15 is 0 Å². The number of piperidine rings is 1. The Morgan fingerprint density at radius 2 is 2.08 bits per heavy atom. The molecule has 2 fully saturated rings. The summed E-state index contributed by atoms with van der Waals surface area (Å²) in [7, 11) is 0. The molecule has 24 heavy (non-hydrogen) atoms. The summed E-state index contributed by atoms with van der Waals surface area (Å²) >= 11 is 2.08. The van der Waals surface area contributed by atoms with Gasteiger partial charge in [-0.15, -0.1) is 0 Å². The number of hydrogen-bond donors (Lipinski definition) is 1.